The van der Waals surface area contributed by atoms with E-state index in [0.717, 1.165) is 11.1 Å². The van der Waals surface area contributed by atoms with Gasteiger partial charge in [0.15, 0.2) is 0 Å². The summed E-state index contributed by atoms with van der Waals surface area (Å²) >= 11 is 17.9. The van der Waals surface area contributed by atoms with Crippen LogP contribution in [0, 0.1) is 13.8 Å². The quantitative estimate of drug-likeness (QED) is 0.414. The van der Waals surface area contributed by atoms with Crippen LogP contribution in [0.3, 0.4) is 0 Å². The van der Waals surface area contributed by atoms with Crippen LogP contribution < -0.4 is 4.74 Å². The van der Waals surface area contributed by atoms with E-state index in [1.807, 2.05) is 19.9 Å². The zero-order valence-electron chi connectivity index (χ0n) is 10.8. The highest BCUT2D eigenvalue weighted by atomic mass is 35.5. The highest BCUT2D eigenvalue weighted by Gasteiger charge is 2.19. The van der Waals surface area contributed by atoms with Gasteiger partial charge in [0, 0.05) is 0 Å². The lowest BCUT2D eigenvalue weighted by Crippen LogP contribution is -2.10. The van der Waals surface area contributed by atoms with Gasteiger partial charge in [-0.3, -0.25) is 0 Å². The van der Waals surface area contributed by atoms with Gasteiger partial charge in [0.05, 0.1) is 20.6 Å². The first-order valence-electron chi connectivity index (χ1n) is 5.83. The van der Waals surface area contributed by atoms with Crippen molar-refractivity contribution in [2.75, 3.05) is 0 Å². The average molecular weight is 330 g/mol. The molecule has 0 unspecified atom stereocenters. The van der Waals surface area contributed by atoms with Gasteiger partial charge >= 0.3 is 5.97 Å². The van der Waals surface area contributed by atoms with Crippen LogP contribution in [0.25, 0.3) is 0 Å². The molecule has 2 aromatic rings. The van der Waals surface area contributed by atoms with Crippen molar-refractivity contribution in [3.05, 3.63) is 62.1 Å². The van der Waals surface area contributed by atoms with Gasteiger partial charge < -0.3 is 4.74 Å². The maximum atomic E-state index is 12.2. The predicted molar refractivity (Wildman–Crippen MR) is 82.3 cm³/mol. The molecule has 0 aliphatic rings. The van der Waals surface area contributed by atoms with Crippen LogP contribution in [0.1, 0.15) is 21.5 Å². The van der Waals surface area contributed by atoms with Crippen LogP contribution >= 0.6 is 34.8 Å². The summed E-state index contributed by atoms with van der Waals surface area (Å²) in [6, 6.07) is 8.40. The Kier molecular flexibility index (Phi) is 4.59. The molecule has 0 fully saturated rings. The van der Waals surface area contributed by atoms with Gasteiger partial charge in [-0.15, -0.1) is 0 Å². The van der Waals surface area contributed by atoms with E-state index < -0.39 is 5.97 Å². The maximum Gasteiger partial charge on any atom is 0.346 e. The molecule has 0 radical (unpaired) electrons. The fraction of sp³-hybridized carbons (Fsp3) is 0.133. The maximum absolute atomic E-state index is 12.2. The van der Waals surface area contributed by atoms with Crippen LogP contribution in [0.2, 0.25) is 15.1 Å². The molecule has 0 atom stereocenters. The second-order valence-electron chi connectivity index (χ2n) is 4.35. The highest BCUT2D eigenvalue weighted by molar-refractivity contribution is 6.46. The number of carbonyl (C=O) groups excluding carboxylic acids is 1. The number of aryl methyl sites for hydroxylation is 2. The Morgan fingerprint density at radius 1 is 0.950 bits per heavy atom. The minimum atomic E-state index is -0.634. The number of benzene rings is 2. The molecule has 104 valence electrons. The Morgan fingerprint density at radius 3 is 2.25 bits per heavy atom. The highest BCUT2D eigenvalue weighted by Crippen LogP contribution is 2.32. The summed E-state index contributed by atoms with van der Waals surface area (Å²) in [7, 11) is 0. The molecule has 0 saturated heterocycles. The van der Waals surface area contributed by atoms with Gasteiger partial charge in [-0.25, -0.2) is 4.79 Å². The van der Waals surface area contributed by atoms with Gasteiger partial charge in [-0.05, 0) is 49.2 Å². The third-order valence-corrected chi connectivity index (χ3v) is 4.06. The van der Waals surface area contributed by atoms with Crippen molar-refractivity contribution in [2.45, 2.75) is 13.8 Å². The number of esters is 1. The van der Waals surface area contributed by atoms with Crippen LogP contribution in [0.5, 0.6) is 5.75 Å². The van der Waals surface area contributed by atoms with Crippen molar-refractivity contribution in [2.24, 2.45) is 0 Å². The standard InChI is InChI=1S/C15H11Cl3O2/c1-8-3-4-10(7-9(8)2)20-15(19)13-11(16)5-6-12(17)14(13)18/h3-7H,1-2H3. The van der Waals surface area contributed by atoms with Gasteiger partial charge in [0.2, 0.25) is 0 Å². The Bertz CT molecular complexity index is 681. The number of hydrogen-bond donors (Lipinski definition) is 0. The van der Waals surface area contributed by atoms with E-state index in [1.165, 1.54) is 12.1 Å². The second kappa shape index (κ2) is 6.04. The summed E-state index contributed by atoms with van der Waals surface area (Å²) in [6.45, 7) is 3.91. The van der Waals surface area contributed by atoms with Crippen molar-refractivity contribution in [3.63, 3.8) is 0 Å². The number of halogens is 3. The van der Waals surface area contributed by atoms with Crippen LogP contribution in [-0.4, -0.2) is 5.97 Å². The first-order valence-corrected chi connectivity index (χ1v) is 6.96. The van der Waals surface area contributed by atoms with Gasteiger partial charge in [0.1, 0.15) is 5.75 Å². The van der Waals surface area contributed by atoms with Crippen molar-refractivity contribution in [3.8, 4) is 5.75 Å². The van der Waals surface area contributed by atoms with Gasteiger partial charge in [-0.2, -0.15) is 0 Å². The van der Waals surface area contributed by atoms with E-state index in [2.05, 4.69) is 0 Å². The zero-order valence-corrected chi connectivity index (χ0v) is 13.1. The molecule has 5 heteroatoms. The summed E-state index contributed by atoms with van der Waals surface area (Å²) in [5, 5.41) is 0.546. The van der Waals surface area contributed by atoms with Crippen molar-refractivity contribution >= 4 is 40.8 Å². The molecule has 0 aromatic heterocycles. The second-order valence-corrected chi connectivity index (χ2v) is 5.55. The van der Waals surface area contributed by atoms with Crippen LogP contribution in [0.15, 0.2) is 30.3 Å². The molecule has 0 spiro atoms. The molecular formula is C15H11Cl3O2. The van der Waals surface area contributed by atoms with Crippen molar-refractivity contribution in [1.29, 1.82) is 0 Å². The Balaban J connectivity index is 2.33. The topological polar surface area (TPSA) is 26.3 Å². The molecule has 2 aromatic carbocycles. The Morgan fingerprint density at radius 2 is 1.60 bits per heavy atom. The number of ether oxygens (including phenoxy) is 1. The van der Waals surface area contributed by atoms with Crippen molar-refractivity contribution in [1.82, 2.24) is 0 Å². The monoisotopic (exact) mass is 328 g/mol. The lowest BCUT2D eigenvalue weighted by Gasteiger charge is -2.09. The van der Waals surface area contributed by atoms with E-state index in [1.54, 1.807) is 12.1 Å². The Hall–Kier alpha value is -1.22. The first-order chi connectivity index (χ1) is 9.40. The molecule has 0 N–H and O–H groups in total. The molecule has 2 rings (SSSR count). The average Bonchev–Trinajstić information content (AvgIpc) is 2.39. The summed E-state index contributed by atoms with van der Waals surface area (Å²) in [5.41, 5.74) is 2.21. The minimum Gasteiger partial charge on any atom is -0.423 e. The molecule has 20 heavy (non-hydrogen) atoms. The Labute approximate surface area is 132 Å². The van der Waals surface area contributed by atoms with Gasteiger partial charge in [0.25, 0.3) is 0 Å². The smallest absolute Gasteiger partial charge is 0.346 e. The van der Waals surface area contributed by atoms with E-state index in [0.29, 0.717) is 5.75 Å². The van der Waals surface area contributed by atoms with Crippen LogP contribution in [0.4, 0.5) is 0 Å². The molecular weight excluding hydrogens is 319 g/mol. The van der Waals surface area contributed by atoms with Crippen LogP contribution in [-0.2, 0) is 0 Å². The lowest BCUT2D eigenvalue weighted by atomic mass is 10.1. The number of hydrogen-bond acceptors (Lipinski definition) is 2. The van der Waals surface area contributed by atoms with E-state index in [9.17, 15) is 4.79 Å². The number of carbonyl (C=O) groups is 1. The third kappa shape index (κ3) is 3.09. The van der Waals surface area contributed by atoms with E-state index in [-0.39, 0.29) is 20.6 Å². The summed E-state index contributed by atoms with van der Waals surface area (Å²) in [5.74, 6) is -0.198. The molecule has 0 heterocycles. The summed E-state index contributed by atoms with van der Waals surface area (Å²) in [6.07, 6.45) is 0. The minimum absolute atomic E-state index is 0.0686. The van der Waals surface area contributed by atoms with E-state index >= 15 is 0 Å². The summed E-state index contributed by atoms with van der Waals surface area (Å²) < 4.78 is 5.29. The molecule has 0 bridgehead atoms. The van der Waals surface area contributed by atoms with Crippen molar-refractivity contribution < 1.29 is 9.53 Å². The SMILES string of the molecule is Cc1ccc(OC(=O)c2c(Cl)ccc(Cl)c2Cl)cc1C. The molecule has 0 aliphatic carbocycles. The third-order valence-electron chi connectivity index (χ3n) is 2.94. The first kappa shape index (κ1) is 15.2. The fourth-order valence-corrected chi connectivity index (χ4v) is 2.33. The number of rotatable bonds is 2. The van der Waals surface area contributed by atoms with E-state index in [4.69, 9.17) is 39.5 Å². The fourth-order valence-electron chi connectivity index (χ4n) is 1.65. The summed E-state index contributed by atoms with van der Waals surface area (Å²) in [4.78, 5) is 12.2. The molecule has 2 nitrogen and oxygen atoms in total. The normalized spacial score (nSPS) is 10.4. The molecule has 0 aliphatic heterocycles. The molecule has 0 amide bonds. The predicted octanol–water partition coefficient (Wildman–Crippen LogP) is 5.48. The van der Waals surface area contributed by atoms with Gasteiger partial charge in [-0.1, -0.05) is 40.9 Å². The lowest BCUT2D eigenvalue weighted by molar-refractivity contribution is 0.0735. The zero-order chi connectivity index (χ0) is 14.9. The largest absolute Gasteiger partial charge is 0.423 e. The molecule has 0 saturated carbocycles.